The Hall–Kier alpha value is -1.04. The molecule has 0 amide bonds. The topological polar surface area (TPSA) is 20.2 Å². The molecular weight excluding hydrogens is 212 g/mol. The van der Waals surface area contributed by atoms with E-state index in [9.17, 15) is 5.11 Å². The van der Waals surface area contributed by atoms with Crippen molar-refractivity contribution < 1.29 is 5.11 Å². The molecule has 0 fully saturated rings. The van der Waals surface area contributed by atoms with Gasteiger partial charge >= 0.3 is 0 Å². The third-order valence-electron chi connectivity index (χ3n) is 2.90. The Labute approximate surface area is 99.5 Å². The molecule has 2 heteroatoms. The summed E-state index contributed by atoms with van der Waals surface area (Å²) in [5, 5.41) is 9.64. The van der Waals surface area contributed by atoms with Crippen LogP contribution in [0.15, 0.2) is 30.3 Å². The van der Waals surface area contributed by atoms with Crippen molar-refractivity contribution in [3.05, 3.63) is 35.9 Å². The van der Waals surface area contributed by atoms with Gasteiger partial charge < -0.3 is 5.11 Å². The first-order valence-electron chi connectivity index (χ1n) is 5.64. The van der Waals surface area contributed by atoms with Gasteiger partial charge in [-0.2, -0.15) is 0 Å². The molecule has 2 atom stereocenters. The predicted molar refractivity (Wildman–Crippen MR) is 72.0 cm³/mol. The van der Waals surface area contributed by atoms with Crippen molar-refractivity contribution >= 4 is 8.07 Å². The maximum Gasteiger partial charge on any atom is 0.114 e. The van der Waals surface area contributed by atoms with E-state index in [0.717, 1.165) is 0 Å². The third kappa shape index (κ3) is 3.51. The van der Waals surface area contributed by atoms with Crippen LogP contribution in [0.1, 0.15) is 17.5 Å². The molecule has 1 aromatic rings. The molecule has 16 heavy (non-hydrogen) atoms. The van der Waals surface area contributed by atoms with Gasteiger partial charge in [-0.25, -0.2) is 0 Å². The number of hydrogen-bond donors (Lipinski definition) is 1. The van der Waals surface area contributed by atoms with Crippen LogP contribution in [0.2, 0.25) is 19.6 Å². The van der Waals surface area contributed by atoms with Gasteiger partial charge in [-0.3, -0.25) is 0 Å². The molecule has 2 unspecified atom stereocenters. The molecule has 1 rings (SSSR count). The molecular formula is C14H20OSi. The van der Waals surface area contributed by atoms with Gasteiger partial charge in [0.25, 0.3) is 0 Å². The van der Waals surface area contributed by atoms with Gasteiger partial charge in [0, 0.05) is 0 Å². The van der Waals surface area contributed by atoms with Crippen molar-refractivity contribution in [3.63, 3.8) is 0 Å². The van der Waals surface area contributed by atoms with E-state index in [1.807, 2.05) is 18.2 Å². The van der Waals surface area contributed by atoms with Crippen molar-refractivity contribution in [3.8, 4) is 12.3 Å². The van der Waals surface area contributed by atoms with Crippen LogP contribution in [-0.4, -0.2) is 19.3 Å². The van der Waals surface area contributed by atoms with Crippen molar-refractivity contribution in [2.75, 3.05) is 0 Å². The second-order valence-electron chi connectivity index (χ2n) is 5.25. The number of benzene rings is 1. The lowest BCUT2D eigenvalue weighted by Crippen LogP contribution is -2.33. The van der Waals surface area contributed by atoms with E-state index in [0.29, 0.717) is 12.0 Å². The lowest BCUT2D eigenvalue weighted by Gasteiger charge is -2.30. The molecule has 0 heterocycles. The van der Waals surface area contributed by atoms with E-state index < -0.39 is 14.2 Å². The quantitative estimate of drug-likeness (QED) is 0.625. The van der Waals surface area contributed by atoms with Crippen molar-refractivity contribution in [2.24, 2.45) is 0 Å². The lowest BCUT2D eigenvalue weighted by molar-refractivity contribution is 0.219. The van der Waals surface area contributed by atoms with Crippen molar-refractivity contribution in [1.82, 2.24) is 0 Å². The van der Waals surface area contributed by atoms with Gasteiger partial charge in [0.1, 0.15) is 6.10 Å². The molecule has 0 spiro atoms. The van der Waals surface area contributed by atoms with E-state index in [4.69, 9.17) is 6.42 Å². The Morgan fingerprint density at radius 3 is 2.25 bits per heavy atom. The minimum atomic E-state index is -1.36. The highest BCUT2D eigenvalue weighted by molar-refractivity contribution is 6.77. The summed E-state index contributed by atoms with van der Waals surface area (Å²) < 4.78 is 0. The van der Waals surface area contributed by atoms with E-state index in [-0.39, 0.29) is 0 Å². The van der Waals surface area contributed by atoms with E-state index >= 15 is 0 Å². The van der Waals surface area contributed by atoms with Gasteiger partial charge in [-0.1, -0.05) is 55.9 Å². The van der Waals surface area contributed by atoms with Gasteiger partial charge in [-0.15, -0.1) is 6.42 Å². The molecule has 86 valence electrons. The first-order valence-corrected chi connectivity index (χ1v) is 9.22. The Bertz CT molecular complexity index is 359. The highest BCUT2D eigenvalue weighted by Gasteiger charge is 2.29. The minimum absolute atomic E-state index is 0.416. The Morgan fingerprint density at radius 1 is 1.25 bits per heavy atom. The fourth-order valence-corrected chi connectivity index (χ4v) is 4.09. The summed E-state index contributed by atoms with van der Waals surface area (Å²) in [6.45, 7) is 6.94. The molecule has 0 saturated carbocycles. The largest absolute Gasteiger partial charge is 0.380 e. The first-order chi connectivity index (χ1) is 7.45. The van der Waals surface area contributed by atoms with Crippen LogP contribution in [0.25, 0.3) is 0 Å². The lowest BCUT2D eigenvalue weighted by atomic mass is 10.1. The zero-order valence-electron chi connectivity index (χ0n) is 10.3. The zero-order chi connectivity index (χ0) is 12.2. The fourth-order valence-electron chi connectivity index (χ4n) is 1.97. The second kappa shape index (κ2) is 5.34. The fraction of sp³-hybridized carbons (Fsp3) is 0.429. The van der Waals surface area contributed by atoms with E-state index in [1.165, 1.54) is 5.56 Å². The Kier molecular flexibility index (Phi) is 4.34. The summed E-state index contributed by atoms with van der Waals surface area (Å²) in [4.78, 5) is 0. The monoisotopic (exact) mass is 232 g/mol. The highest BCUT2D eigenvalue weighted by atomic mass is 28.3. The normalized spacial score (nSPS) is 15.2. The SMILES string of the molecule is C#CC(O)CC(c1ccccc1)[Si](C)(C)C. The summed E-state index contributed by atoms with van der Waals surface area (Å²) in [6, 6.07) is 10.4. The summed E-state index contributed by atoms with van der Waals surface area (Å²) in [5.41, 5.74) is 1.72. The summed E-state index contributed by atoms with van der Waals surface area (Å²) >= 11 is 0. The minimum Gasteiger partial charge on any atom is -0.380 e. The van der Waals surface area contributed by atoms with Crippen LogP contribution < -0.4 is 0 Å². The molecule has 0 saturated heterocycles. The van der Waals surface area contributed by atoms with Gasteiger partial charge in [0.2, 0.25) is 0 Å². The molecule has 0 aliphatic heterocycles. The maximum absolute atomic E-state index is 9.64. The summed E-state index contributed by atoms with van der Waals surface area (Å²) in [5.74, 6) is 2.42. The van der Waals surface area contributed by atoms with Gasteiger partial charge in [-0.05, 0) is 17.5 Å². The molecule has 1 aromatic carbocycles. The Balaban J connectivity index is 2.94. The summed E-state index contributed by atoms with van der Waals surface area (Å²) in [6.07, 6.45) is 5.31. The smallest absolute Gasteiger partial charge is 0.114 e. The van der Waals surface area contributed by atoms with Crippen LogP contribution >= 0.6 is 0 Å². The highest BCUT2D eigenvalue weighted by Crippen LogP contribution is 2.31. The standard InChI is InChI=1S/C14H20OSi/c1-5-13(15)11-14(16(2,3)4)12-9-7-6-8-10-12/h1,6-10,13-15H,11H2,2-4H3. The van der Waals surface area contributed by atoms with Crippen molar-refractivity contribution in [1.29, 1.82) is 0 Å². The zero-order valence-corrected chi connectivity index (χ0v) is 11.3. The first kappa shape index (κ1) is 13.0. The number of terminal acetylenes is 1. The number of aliphatic hydroxyl groups excluding tert-OH is 1. The van der Waals surface area contributed by atoms with Gasteiger partial charge in [0.05, 0.1) is 8.07 Å². The average Bonchev–Trinajstić information content (AvgIpc) is 2.25. The molecule has 0 aromatic heterocycles. The Morgan fingerprint density at radius 2 is 1.81 bits per heavy atom. The number of rotatable bonds is 4. The third-order valence-corrected chi connectivity index (χ3v) is 5.56. The molecule has 0 bridgehead atoms. The van der Waals surface area contributed by atoms with Crippen LogP contribution in [-0.2, 0) is 0 Å². The number of aliphatic hydroxyl groups is 1. The predicted octanol–water partition coefficient (Wildman–Crippen LogP) is 3.03. The number of hydrogen-bond acceptors (Lipinski definition) is 1. The second-order valence-corrected chi connectivity index (χ2v) is 10.7. The molecule has 0 radical (unpaired) electrons. The van der Waals surface area contributed by atoms with E-state index in [2.05, 4.69) is 37.7 Å². The molecule has 0 aliphatic rings. The van der Waals surface area contributed by atoms with Crippen LogP contribution in [0, 0.1) is 12.3 Å². The summed E-state index contributed by atoms with van der Waals surface area (Å²) in [7, 11) is -1.36. The van der Waals surface area contributed by atoms with Gasteiger partial charge in [0.15, 0.2) is 0 Å². The molecule has 1 N–H and O–H groups in total. The van der Waals surface area contributed by atoms with Crippen molar-refractivity contribution in [2.45, 2.75) is 37.7 Å². The molecule has 0 aliphatic carbocycles. The molecule has 1 nitrogen and oxygen atoms in total. The van der Waals surface area contributed by atoms with E-state index in [1.54, 1.807) is 0 Å². The van der Waals surface area contributed by atoms with Crippen LogP contribution in [0.5, 0.6) is 0 Å². The van der Waals surface area contributed by atoms with Crippen LogP contribution in [0.4, 0.5) is 0 Å². The average molecular weight is 232 g/mol. The van der Waals surface area contributed by atoms with Crippen LogP contribution in [0.3, 0.4) is 0 Å². The maximum atomic E-state index is 9.64.